The van der Waals surface area contributed by atoms with Crippen molar-refractivity contribution in [1.29, 1.82) is 0 Å². The van der Waals surface area contributed by atoms with Crippen molar-refractivity contribution < 1.29 is 14.3 Å². The van der Waals surface area contributed by atoms with Crippen molar-refractivity contribution in [3.8, 4) is 11.5 Å². The molecule has 1 amide bonds. The lowest BCUT2D eigenvalue weighted by Gasteiger charge is -2.14. The SMILES string of the molecule is C=CCc1ccc(OCCn2c(CCCNC(=O)CCC)nc3ccccc32)c(OC)c1. The number of aryl methyl sites for hydroxylation is 1. The van der Waals surface area contributed by atoms with Crippen LogP contribution in [-0.2, 0) is 24.2 Å². The highest BCUT2D eigenvalue weighted by Gasteiger charge is 2.12. The van der Waals surface area contributed by atoms with Gasteiger partial charge in [-0.2, -0.15) is 0 Å². The third-order valence-corrected chi connectivity index (χ3v) is 5.29. The molecule has 170 valence electrons. The highest BCUT2D eigenvalue weighted by Crippen LogP contribution is 2.28. The summed E-state index contributed by atoms with van der Waals surface area (Å²) in [6.07, 6.45) is 5.74. The molecule has 0 aliphatic heterocycles. The summed E-state index contributed by atoms with van der Waals surface area (Å²) < 4.78 is 13.8. The molecule has 3 rings (SSSR count). The lowest BCUT2D eigenvalue weighted by atomic mass is 10.1. The number of aromatic nitrogens is 2. The molecule has 0 aliphatic rings. The first-order valence-electron chi connectivity index (χ1n) is 11.3. The van der Waals surface area contributed by atoms with Crippen LogP contribution in [0.5, 0.6) is 11.5 Å². The van der Waals surface area contributed by atoms with Crippen LogP contribution in [-0.4, -0.2) is 35.7 Å². The van der Waals surface area contributed by atoms with E-state index < -0.39 is 0 Å². The summed E-state index contributed by atoms with van der Waals surface area (Å²) in [7, 11) is 1.65. The van der Waals surface area contributed by atoms with Gasteiger partial charge >= 0.3 is 0 Å². The van der Waals surface area contributed by atoms with Gasteiger partial charge in [0, 0.05) is 19.4 Å². The van der Waals surface area contributed by atoms with Gasteiger partial charge in [0.2, 0.25) is 5.91 Å². The third-order valence-electron chi connectivity index (χ3n) is 5.29. The van der Waals surface area contributed by atoms with Gasteiger partial charge in [-0.1, -0.05) is 31.2 Å². The van der Waals surface area contributed by atoms with Crippen LogP contribution in [0.15, 0.2) is 55.1 Å². The number of rotatable bonds is 13. The molecule has 6 nitrogen and oxygen atoms in total. The van der Waals surface area contributed by atoms with Gasteiger partial charge in [-0.25, -0.2) is 4.98 Å². The van der Waals surface area contributed by atoms with Gasteiger partial charge in [-0.15, -0.1) is 6.58 Å². The van der Waals surface area contributed by atoms with Crippen LogP contribution in [0, 0.1) is 0 Å². The van der Waals surface area contributed by atoms with Gasteiger partial charge in [-0.3, -0.25) is 4.79 Å². The van der Waals surface area contributed by atoms with Crippen LogP contribution in [0.2, 0.25) is 0 Å². The molecular weight excluding hydrogens is 402 g/mol. The van der Waals surface area contributed by atoms with E-state index in [4.69, 9.17) is 14.5 Å². The van der Waals surface area contributed by atoms with E-state index in [1.807, 2.05) is 49.4 Å². The van der Waals surface area contributed by atoms with Gasteiger partial charge in [0.15, 0.2) is 11.5 Å². The summed E-state index contributed by atoms with van der Waals surface area (Å²) in [5, 5.41) is 2.98. The summed E-state index contributed by atoms with van der Waals surface area (Å²) in [5.41, 5.74) is 3.21. The Bertz CT molecular complexity index is 1040. The number of para-hydroxylation sites is 2. The first kappa shape index (κ1) is 23.4. The fraction of sp³-hybridized carbons (Fsp3) is 0.385. The maximum Gasteiger partial charge on any atom is 0.219 e. The van der Waals surface area contributed by atoms with Crippen molar-refractivity contribution >= 4 is 16.9 Å². The Labute approximate surface area is 190 Å². The van der Waals surface area contributed by atoms with Gasteiger partial charge in [0.1, 0.15) is 12.4 Å². The minimum absolute atomic E-state index is 0.113. The van der Waals surface area contributed by atoms with E-state index in [1.54, 1.807) is 7.11 Å². The van der Waals surface area contributed by atoms with Gasteiger partial charge in [0.25, 0.3) is 0 Å². The first-order chi connectivity index (χ1) is 15.7. The molecule has 0 bridgehead atoms. The van der Waals surface area contributed by atoms with Crippen LogP contribution in [0.25, 0.3) is 11.0 Å². The van der Waals surface area contributed by atoms with Gasteiger partial charge in [0.05, 0.1) is 24.7 Å². The normalized spacial score (nSPS) is 10.8. The molecule has 0 unspecified atom stereocenters. The Morgan fingerprint density at radius 2 is 2.06 bits per heavy atom. The Balaban J connectivity index is 1.65. The zero-order chi connectivity index (χ0) is 22.8. The number of nitrogens with one attached hydrogen (secondary N) is 1. The largest absolute Gasteiger partial charge is 0.493 e. The quantitative estimate of drug-likeness (QED) is 0.312. The molecule has 0 saturated heterocycles. The number of nitrogens with zero attached hydrogens (tertiary/aromatic N) is 2. The number of benzene rings is 2. The van der Waals surface area contributed by atoms with E-state index in [0.29, 0.717) is 26.1 Å². The number of hydrogen-bond acceptors (Lipinski definition) is 4. The molecule has 1 aromatic heterocycles. The maximum absolute atomic E-state index is 11.7. The molecule has 32 heavy (non-hydrogen) atoms. The average molecular weight is 436 g/mol. The minimum Gasteiger partial charge on any atom is -0.493 e. The zero-order valence-electron chi connectivity index (χ0n) is 19.1. The van der Waals surface area contributed by atoms with Crippen molar-refractivity contribution in [2.24, 2.45) is 0 Å². The summed E-state index contributed by atoms with van der Waals surface area (Å²) in [5.74, 6) is 2.57. The topological polar surface area (TPSA) is 65.4 Å². The standard InChI is InChI=1S/C26H33N3O3/c1-4-9-20-14-15-23(24(19-20)31-3)32-18-17-29-22-12-7-6-11-21(22)28-25(29)13-8-16-27-26(30)10-5-2/h4,6-7,11-12,14-15,19H,1,5,8-10,13,16-18H2,2-3H3,(H,27,30). The predicted octanol–water partition coefficient (Wildman–Crippen LogP) is 4.70. The molecule has 0 fully saturated rings. The average Bonchev–Trinajstić information content (AvgIpc) is 3.15. The van der Waals surface area contributed by atoms with Crippen LogP contribution in [0.4, 0.5) is 0 Å². The number of allylic oxidation sites excluding steroid dienone is 1. The molecule has 2 aromatic carbocycles. The Kier molecular flexibility index (Phi) is 8.72. The number of ether oxygens (including phenoxy) is 2. The maximum atomic E-state index is 11.7. The van der Waals surface area contributed by atoms with E-state index in [9.17, 15) is 4.79 Å². The second kappa shape index (κ2) is 11.9. The molecule has 6 heteroatoms. The van der Waals surface area contributed by atoms with Crippen molar-refractivity contribution in [2.45, 2.75) is 45.6 Å². The summed E-state index contributed by atoms with van der Waals surface area (Å²) in [4.78, 5) is 16.5. The Morgan fingerprint density at radius 1 is 1.22 bits per heavy atom. The number of fused-ring (bicyclic) bond motifs is 1. The molecule has 0 atom stereocenters. The van der Waals surface area contributed by atoms with Gasteiger partial charge in [-0.05, 0) is 49.1 Å². The monoisotopic (exact) mass is 435 g/mol. The van der Waals surface area contributed by atoms with E-state index in [2.05, 4.69) is 22.5 Å². The van der Waals surface area contributed by atoms with Gasteiger partial charge < -0.3 is 19.4 Å². The Hall–Kier alpha value is -3.28. The highest BCUT2D eigenvalue weighted by molar-refractivity contribution is 5.76. The molecule has 3 aromatic rings. The van der Waals surface area contributed by atoms with Crippen molar-refractivity contribution in [1.82, 2.24) is 14.9 Å². The number of imidazole rings is 1. The fourth-order valence-electron chi connectivity index (χ4n) is 3.73. The highest BCUT2D eigenvalue weighted by atomic mass is 16.5. The second-order valence-electron chi connectivity index (χ2n) is 7.70. The predicted molar refractivity (Wildman–Crippen MR) is 128 cm³/mol. The minimum atomic E-state index is 0.113. The fourth-order valence-corrected chi connectivity index (χ4v) is 3.73. The van der Waals surface area contributed by atoms with Crippen molar-refractivity contribution in [3.05, 3.63) is 66.5 Å². The van der Waals surface area contributed by atoms with Crippen LogP contribution in [0.3, 0.4) is 0 Å². The van der Waals surface area contributed by atoms with E-state index in [-0.39, 0.29) is 5.91 Å². The second-order valence-corrected chi connectivity index (χ2v) is 7.70. The number of amides is 1. The van der Waals surface area contributed by atoms with E-state index in [1.165, 1.54) is 0 Å². The third kappa shape index (κ3) is 6.13. The van der Waals surface area contributed by atoms with Crippen LogP contribution >= 0.6 is 0 Å². The first-order valence-corrected chi connectivity index (χ1v) is 11.3. The summed E-state index contributed by atoms with van der Waals surface area (Å²) in [6, 6.07) is 14.1. The summed E-state index contributed by atoms with van der Waals surface area (Å²) in [6.45, 7) is 7.63. The van der Waals surface area contributed by atoms with E-state index >= 15 is 0 Å². The van der Waals surface area contributed by atoms with Crippen LogP contribution in [0.1, 0.15) is 37.6 Å². The molecule has 0 radical (unpaired) electrons. The lowest BCUT2D eigenvalue weighted by molar-refractivity contribution is -0.121. The zero-order valence-corrected chi connectivity index (χ0v) is 19.1. The van der Waals surface area contributed by atoms with Crippen molar-refractivity contribution in [3.63, 3.8) is 0 Å². The van der Waals surface area contributed by atoms with Crippen molar-refractivity contribution in [2.75, 3.05) is 20.3 Å². The number of methoxy groups -OCH3 is 1. The molecule has 0 saturated carbocycles. The number of carbonyl (C=O) groups is 1. The summed E-state index contributed by atoms with van der Waals surface area (Å²) >= 11 is 0. The number of carbonyl (C=O) groups excluding carboxylic acids is 1. The smallest absolute Gasteiger partial charge is 0.219 e. The number of hydrogen-bond donors (Lipinski definition) is 1. The molecule has 1 heterocycles. The molecular formula is C26H33N3O3. The Morgan fingerprint density at radius 3 is 2.84 bits per heavy atom. The lowest BCUT2D eigenvalue weighted by Crippen LogP contribution is -2.24. The molecule has 0 spiro atoms. The van der Waals surface area contributed by atoms with E-state index in [0.717, 1.165) is 59.6 Å². The molecule has 1 N–H and O–H groups in total. The molecule has 0 aliphatic carbocycles. The van der Waals surface area contributed by atoms with Crippen LogP contribution < -0.4 is 14.8 Å².